The van der Waals surface area contributed by atoms with Crippen molar-refractivity contribution >= 4 is 6.29 Å². The lowest BCUT2D eigenvalue weighted by atomic mass is 10.2. The third kappa shape index (κ3) is 2.60. The van der Waals surface area contributed by atoms with Crippen molar-refractivity contribution in [1.29, 1.82) is 0 Å². The molecule has 0 radical (unpaired) electrons. The quantitative estimate of drug-likeness (QED) is 0.586. The fourth-order valence-electron chi connectivity index (χ4n) is 1.08. The van der Waals surface area contributed by atoms with Crippen LogP contribution in [0, 0.1) is 0 Å². The second-order valence-electron chi connectivity index (χ2n) is 2.73. The summed E-state index contributed by atoms with van der Waals surface area (Å²) in [4.78, 5) is 10.6. The SMILES string of the molecule is COCOc1cc(O)c(C=O)c(OC)c1. The van der Waals surface area contributed by atoms with E-state index in [4.69, 9.17) is 14.2 Å². The van der Waals surface area contributed by atoms with E-state index in [0.29, 0.717) is 12.0 Å². The van der Waals surface area contributed by atoms with E-state index in [1.807, 2.05) is 0 Å². The van der Waals surface area contributed by atoms with E-state index in [1.54, 1.807) is 0 Å². The lowest BCUT2D eigenvalue weighted by molar-refractivity contribution is 0.0508. The van der Waals surface area contributed by atoms with E-state index in [1.165, 1.54) is 26.4 Å². The Balaban J connectivity index is 3.02. The highest BCUT2D eigenvalue weighted by atomic mass is 16.7. The molecule has 0 fully saturated rings. The van der Waals surface area contributed by atoms with Crippen LogP contribution in [0.4, 0.5) is 0 Å². The van der Waals surface area contributed by atoms with Gasteiger partial charge in [0.05, 0.1) is 12.7 Å². The van der Waals surface area contributed by atoms with E-state index in [9.17, 15) is 9.90 Å². The van der Waals surface area contributed by atoms with Crippen molar-refractivity contribution in [2.24, 2.45) is 0 Å². The van der Waals surface area contributed by atoms with Gasteiger partial charge in [-0.2, -0.15) is 0 Å². The lowest BCUT2D eigenvalue weighted by Gasteiger charge is -2.09. The molecule has 0 aliphatic rings. The summed E-state index contributed by atoms with van der Waals surface area (Å²) in [5, 5.41) is 9.47. The number of phenolic OH excluding ortho intramolecular Hbond substituents is 1. The fourth-order valence-corrected chi connectivity index (χ4v) is 1.08. The topological polar surface area (TPSA) is 65.0 Å². The zero-order chi connectivity index (χ0) is 11.3. The van der Waals surface area contributed by atoms with Gasteiger partial charge in [0, 0.05) is 19.2 Å². The first kappa shape index (κ1) is 11.3. The van der Waals surface area contributed by atoms with Gasteiger partial charge in [-0.1, -0.05) is 0 Å². The van der Waals surface area contributed by atoms with Crippen molar-refractivity contribution < 1.29 is 24.1 Å². The molecule has 5 heteroatoms. The van der Waals surface area contributed by atoms with E-state index < -0.39 is 0 Å². The number of carbonyl (C=O) groups is 1. The number of ether oxygens (including phenoxy) is 3. The number of rotatable bonds is 5. The molecule has 0 aliphatic heterocycles. The molecule has 0 atom stereocenters. The number of aldehydes is 1. The molecule has 1 aromatic carbocycles. The highest BCUT2D eigenvalue weighted by molar-refractivity contribution is 5.84. The summed E-state index contributed by atoms with van der Waals surface area (Å²) in [5.41, 5.74) is 0.0993. The van der Waals surface area contributed by atoms with Crippen LogP contribution in [-0.4, -0.2) is 32.4 Å². The molecule has 82 valence electrons. The van der Waals surface area contributed by atoms with Gasteiger partial charge in [-0.3, -0.25) is 4.79 Å². The first-order valence-electron chi connectivity index (χ1n) is 4.20. The van der Waals surface area contributed by atoms with Gasteiger partial charge >= 0.3 is 0 Å². The molecular weight excluding hydrogens is 200 g/mol. The van der Waals surface area contributed by atoms with Crippen LogP contribution >= 0.6 is 0 Å². The molecular formula is C10H12O5. The Labute approximate surface area is 87.2 Å². The summed E-state index contributed by atoms with van der Waals surface area (Å²) < 4.78 is 14.7. The molecule has 0 spiro atoms. The van der Waals surface area contributed by atoms with Crippen LogP contribution in [0.25, 0.3) is 0 Å². The van der Waals surface area contributed by atoms with Crippen LogP contribution in [0.1, 0.15) is 10.4 Å². The van der Waals surface area contributed by atoms with Crippen LogP contribution in [0.15, 0.2) is 12.1 Å². The van der Waals surface area contributed by atoms with Gasteiger partial charge in [0.15, 0.2) is 13.1 Å². The number of phenols is 1. The second kappa shape index (κ2) is 5.21. The summed E-state index contributed by atoms with van der Waals surface area (Å²) in [5.74, 6) is 0.448. The molecule has 0 aliphatic carbocycles. The predicted octanol–water partition coefficient (Wildman–Crippen LogP) is 1.20. The van der Waals surface area contributed by atoms with Crippen molar-refractivity contribution in [2.75, 3.05) is 21.0 Å². The minimum Gasteiger partial charge on any atom is -0.507 e. The van der Waals surface area contributed by atoms with Gasteiger partial charge in [0.25, 0.3) is 0 Å². The highest BCUT2D eigenvalue weighted by Crippen LogP contribution is 2.31. The number of benzene rings is 1. The van der Waals surface area contributed by atoms with Crippen molar-refractivity contribution in [3.8, 4) is 17.2 Å². The maximum absolute atomic E-state index is 10.6. The number of aromatic hydroxyl groups is 1. The Kier molecular flexibility index (Phi) is 3.93. The van der Waals surface area contributed by atoms with Crippen LogP contribution < -0.4 is 9.47 Å². The van der Waals surface area contributed by atoms with Crippen LogP contribution in [-0.2, 0) is 4.74 Å². The van der Waals surface area contributed by atoms with Crippen molar-refractivity contribution in [1.82, 2.24) is 0 Å². The zero-order valence-corrected chi connectivity index (χ0v) is 8.52. The second-order valence-corrected chi connectivity index (χ2v) is 2.73. The number of hydrogen-bond acceptors (Lipinski definition) is 5. The highest BCUT2D eigenvalue weighted by Gasteiger charge is 2.10. The largest absolute Gasteiger partial charge is 0.507 e. The summed E-state index contributed by atoms with van der Waals surface area (Å²) in [6, 6.07) is 2.83. The Morgan fingerprint density at radius 2 is 2.13 bits per heavy atom. The van der Waals surface area contributed by atoms with Gasteiger partial charge in [-0.05, 0) is 0 Å². The third-order valence-corrected chi connectivity index (χ3v) is 1.77. The molecule has 1 aromatic rings. The van der Waals surface area contributed by atoms with Gasteiger partial charge in [-0.25, -0.2) is 0 Å². The standard InChI is InChI=1S/C10H12O5/c1-13-6-15-7-3-9(12)8(5-11)10(4-7)14-2/h3-5,12H,6H2,1-2H3. The minimum atomic E-state index is -0.185. The summed E-state index contributed by atoms with van der Waals surface area (Å²) in [7, 11) is 2.89. The lowest BCUT2D eigenvalue weighted by Crippen LogP contribution is -2.00. The van der Waals surface area contributed by atoms with Gasteiger partial charge in [0.1, 0.15) is 17.2 Å². The van der Waals surface area contributed by atoms with Crippen molar-refractivity contribution in [2.45, 2.75) is 0 Å². The first-order valence-corrected chi connectivity index (χ1v) is 4.20. The number of carbonyl (C=O) groups excluding carboxylic acids is 1. The van der Waals surface area contributed by atoms with Crippen LogP contribution in [0.3, 0.4) is 0 Å². The fraction of sp³-hybridized carbons (Fsp3) is 0.300. The first-order chi connectivity index (χ1) is 7.22. The number of methoxy groups -OCH3 is 2. The minimum absolute atomic E-state index is 0.0586. The van der Waals surface area contributed by atoms with E-state index in [2.05, 4.69) is 0 Å². The molecule has 0 saturated carbocycles. The molecule has 0 heterocycles. The average Bonchev–Trinajstić information content (AvgIpc) is 2.25. The Morgan fingerprint density at radius 3 is 2.67 bits per heavy atom. The van der Waals surface area contributed by atoms with Crippen molar-refractivity contribution in [3.63, 3.8) is 0 Å². The monoisotopic (exact) mass is 212 g/mol. The normalized spacial score (nSPS) is 9.73. The van der Waals surface area contributed by atoms with Gasteiger partial charge in [0.2, 0.25) is 0 Å². The van der Waals surface area contributed by atoms with Gasteiger partial charge in [-0.15, -0.1) is 0 Å². The Hall–Kier alpha value is -1.75. The summed E-state index contributed by atoms with van der Waals surface area (Å²) in [6.07, 6.45) is 0.522. The smallest absolute Gasteiger partial charge is 0.188 e. The Bertz CT molecular complexity index is 348. The van der Waals surface area contributed by atoms with E-state index in [0.717, 1.165) is 0 Å². The maximum atomic E-state index is 10.6. The molecule has 5 nitrogen and oxygen atoms in total. The zero-order valence-electron chi connectivity index (χ0n) is 8.52. The predicted molar refractivity (Wildman–Crippen MR) is 52.6 cm³/mol. The van der Waals surface area contributed by atoms with E-state index in [-0.39, 0.29) is 23.9 Å². The van der Waals surface area contributed by atoms with E-state index >= 15 is 0 Å². The third-order valence-electron chi connectivity index (χ3n) is 1.77. The summed E-state index contributed by atoms with van der Waals surface area (Å²) in [6.45, 7) is 0.0586. The molecule has 1 N–H and O–H groups in total. The number of hydrogen-bond donors (Lipinski definition) is 1. The molecule has 0 unspecified atom stereocenters. The van der Waals surface area contributed by atoms with Crippen LogP contribution in [0.5, 0.6) is 17.2 Å². The summed E-state index contributed by atoms with van der Waals surface area (Å²) >= 11 is 0. The molecule has 15 heavy (non-hydrogen) atoms. The van der Waals surface area contributed by atoms with Crippen molar-refractivity contribution in [3.05, 3.63) is 17.7 Å². The van der Waals surface area contributed by atoms with Crippen LogP contribution in [0.2, 0.25) is 0 Å². The molecule has 0 saturated heterocycles. The molecule has 1 rings (SSSR count). The van der Waals surface area contributed by atoms with Gasteiger partial charge < -0.3 is 19.3 Å². The molecule has 0 bridgehead atoms. The average molecular weight is 212 g/mol. The maximum Gasteiger partial charge on any atom is 0.188 e. The molecule has 0 aromatic heterocycles. The molecule has 0 amide bonds. The Morgan fingerprint density at radius 1 is 1.40 bits per heavy atom.